The summed E-state index contributed by atoms with van der Waals surface area (Å²) in [6.45, 7) is 5.80. The van der Waals surface area contributed by atoms with Crippen LogP contribution in [0.1, 0.15) is 55.2 Å². The van der Waals surface area contributed by atoms with Crippen molar-refractivity contribution in [3.63, 3.8) is 0 Å². The lowest BCUT2D eigenvalue weighted by Gasteiger charge is -2.13. The lowest BCUT2D eigenvalue weighted by atomic mass is 10.1. The molecular weight excluding hydrogens is 272 g/mol. The van der Waals surface area contributed by atoms with Crippen LogP contribution in [0.5, 0.6) is 0 Å². The summed E-state index contributed by atoms with van der Waals surface area (Å²) in [6.07, 6.45) is 4.20. The summed E-state index contributed by atoms with van der Waals surface area (Å²) >= 11 is 0. The molecule has 1 heterocycles. The van der Waals surface area contributed by atoms with Crippen molar-refractivity contribution in [2.45, 2.75) is 46.5 Å². The minimum atomic E-state index is 0.0137. The summed E-state index contributed by atoms with van der Waals surface area (Å²) in [7, 11) is 0. The minimum Gasteiger partial charge on any atom is -0.340 e. The van der Waals surface area contributed by atoms with Crippen LogP contribution in [0, 0.1) is 0 Å². The number of carbonyl (C=O) groups is 1. The van der Waals surface area contributed by atoms with Gasteiger partial charge in [0.2, 0.25) is 0 Å². The van der Waals surface area contributed by atoms with Gasteiger partial charge in [0.25, 0.3) is 0 Å². The molecule has 1 N–H and O–H groups in total. The maximum Gasteiger partial charge on any atom is 0.178 e. The van der Waals surface area contributed by atoms with Gasteiger partial charge in [0.05, 0.1) is 0 Å². The number of para-hydroxylation sites is 1. The van der Waals surface area contributed by atoms with E-state index in [1.165, 1.54) is 18.4 Å². The highest BCUT2D eigenvalue weighted by Gasteiger charge is 2.10. The van der Waals surface area contributed by atoms with E-state index in [-0.39, 0.29) is 5.78 Å². The van der Waals surface area contributed by atoms with E-state index in [0.29, 0.717) is 5.69 Å². The fourth-order valence-corrected chi connectivity index (χ4v) is 2.51. The zero-order valence-corrected chi connectivity index (χ0v) is 13.6. The molecule has 0 atom stereocenters. The van der Waals surface area contributed by atoms with Gasteiger partial charge in [0.15, 0.2) is 5.78 Å². The number of ketones is 1. The van der Waals surface area contributed by atoms with Crippen LogP contribution in [-0.4, -0.2) is 10.8 Å². The number of hydrogen-bond donors (Lipinski definition) is 1. The van der Waals surface area contributed by atoms with Gasteiger partial charge < -0.3 is 5.32 Å². The van der Waals surface area contributed by atoms with Crippen molar-refractivity contribution in [1.29, 1.82) is 0 Å². The van der Waals surface area contributed by atoms with Crippen LogP contribution in [0.2, 0.25) is 0 Å². The Labute approximate surface area is 132 Å². The van der Waals surface area contributed by atoms with Crippen LogP contribution in [0.3, 0.4) is 0 Å². The van der Waals surface area contributed by atoms with Crippen LogP contribution in [-0.2, 0) is 12.8 Å². The number of aryl methyl sites for hydroxylation is 2. The third-order valence-electron chi connectivity index (χ3n) is 3.77. The molecule has 0 spiro atoms. The summed E-state index contributed by atoms with van der Waals surface area (Å²) in [5.41, 5.74) is 3.92. The van der Waals surface area contributed by atoms with Gasteiger partial charge in [-0.25, -0.2) is 4.98 Å². The molecule has 0 radical (unpaired) electrons. The fraction of sp³-hybridized carbons (Fsp3) is 0.368. The molecule has 116 valence electrons. The van der Waals surface area contributed by atoms with Gasteiger partial charge in [-0.05, 0) is 42.5 Å². The number of anilines is 2. The van der Waals surface area contributed by atoms with Gasteiger partial charge in [-0.2, -0.15) is 0 Å². The van der Waals surface area contributed by atoms with E-state index in [1.807, 2.05) is 25.1 Å². The van der Waals surface area contributed by atoms with E-state index in [1.54, 1.807) is 6.92 Å². The van der Waals surface area contributed by atoms with Crippen molar-refractivity contribution < 1.29 is 4.79 Å². The molecule has 3 nitrogen and oxygen atoms in total. The number of Topliss-reactive ketones (excluding diaryl/α,β-unsaturated/α-hetero) is 1. The Morgan fingerprint density at radius 1 is 1.09 bits per heavy atom. The SMILES string of the molecule is CCCCc1ccccc1Nc1ccc(CC)c(C(C)=O)n1. The second-order valence-corrected chi connectivity index (χ2v) is 5.50. The molecule has 3 heteroatoms. The molecule has 0 amide bonds. The number of rotatable bonds is 7. The normalized spacial score (nSPS) is 10.5. The van der Waals surface area contributed by atoms with Crippen molar-refractivity contribution in [2.24, 2.45) is 0 Å². The van der Waals surface area contributed by atoms with Crippen LogP contribution >= 0.6 is 0 Å². The number of benzene rings is 1. The number of nitrogens with zero attached hydrogens (tertiary/aromatic N) is 1. The van der Waals surface area contributed by atoms with E-state index < -0.39 is 0 Å². The number of hydrogen-bond acceptors (Lipinski definition) is 3. The quantitative estimate of drug-likeness (QED) is 0.736. The Hall–Kier alpha value is -2.16. The first-order valence-electron chi connectivity index (χ1n) is 8.01. The first kappa shape index (κ1) is 16.2. The van der Waals surface area contributed by atoms with Crippen LogP contribution in [0.4, 0.5) is 11.5 Å². The molecule has 0 unspecified atom stereocenters. The fourth-order valence-electron chi connectivity index (χ4n) is 2.51. The van der Waals surface area contributed by atoms with Crippen molar-refractivity contribution >= 4 is 17.3 Å². The van der Waals surface area contributed by atoms with E-state index in [0.717, 1.165) is 29.9 Å². The van der Waals surface area contributed by atoms with Gasteiger partial charge >= 0.3 is 0 Å². The standard InChI is InChI=1S/C19H24N2O/c1-4-6-9-16-10-7-8-11-17(16)20-18-13-12-15(5-2)19(21-18)14(3)22/h7-8,10-13H,4-6,9H2,1-3H3,(H,20,21). The average molecular weight is 296 g/mol. The van der Waals surface area contributed by atoms with Gasteiger partial charge in [-0.3, -0.25) is 4.79 Å². The Kier molecular flexibility index (Phi) is 5.70. The second-order valence-electron chi connectivity index (χ2n) is 5.50. The van der Waals surface area contributed by atoms with Crippen LogP contribution < -0.4 is 5.32 Å². The van der Waals surface area contributed by atoms with E-state index in [2.05, 4.69) is 35.4 Å². The van der Waals surface area contributed by atoms with Crippen molar-refractivity contribution in [2.75, 3.05) is 5.32 Å². The summed E-state index contributed by atoms with van der Waals surface area (Å²) in [5.74, 6) is 0.742. The molecule has 0 aliphatic rings. The smallest absolute Gasteiger partial charge is 0.178 e. The van der Waals surface area contributed by atoms with Crippen LogP contribution in [0.15, 0.2) is 36.4 Å². The Bertz CT molecular complexity index is 650. The predicted octanol–water partition coefficient (Wildman–Crippen LogP) is 4.93. The largest absolute Gasteiger partial charge is 0.340 e. The van der Waals surface area contributed by atoms with Gasteiger partial charge in [0.1, 0.15) is 11.5 Å². The lowest BCUT2D eigenvalue weighted by Crippen LogP contribution is -2.06. The van der Waals surface area contributed by atoms with Crippen molar-refractivity contribution in [3.8, 4) is 0 Å². The summed E-state index contributed by atoms with van der Waals surface area (Å²) in [4.78, 5) is 16.2. The number of unbranched alkanes of at least 4 members (excludes halogenated alkanes) is 1. The van der Waals surface area contributed by atoms with Crippen LogP contribution in [0.25, 0.3) is 0 Å². The molecule has 0 aliphatic heterocycles. The number of carbonyl (C=O) groups excluding carboxylic acids is 1. The molecular formula is C19H24N2O. The molecule has 0 fully saturated rings. The van der Waals surface area contributed by atoms with E-state index >= 15 is 0 Å². The van der Waals surface area contributed by atoms with Gasteiger partial charge in [-0.15, -0.1) is 0 Å². The highest BCUT2D eigenvalue weighted by molar-refractivity contribution is 5.94. The van der Waals surface area contributed by atoms with E-state index in [9.17, 15) is 4.79 Å². The Morgan fingerprint density at radius 2 is 1.86 bits per heavy atom. The van der Waals surface area contributed by atoms with Crippen molar-refractivity contribution in [1.82, 2.24) is 4.98 Å². The number of nitrogens with one attached hydrogen (secondary N) is 1. The third-order valence-corrected chi connectivity index (χ3v) is 3.77. The zero-order valence-electron chi connectivity index (χ0n) is 13.6. The molecule has 0 saturated carbocycles. The summed E-state index contributed by atoms with van der Waals surface area (Å²) < 4.78 is 0. The molecule has 0 aliphatic carbocycles. The minimum absolute atomic E-state index is 0.0137. The monoisotopic (exact) mass is 296 g/mol. The molecule has 1 aromatic heterocycles. The highest BCUT2D eigenvalue weighted by atomic mass is 16.1. The van der Waals surface area contributed by atoms with E-state index in [4.69, 9.17) is 0 Å². The van der Waals surface area contributed by atoms with Gasteiger partial charge in [0, 0.05) is 12.6 Å². The third kappa shape index (κ3) is 3.94. The maximum atomic E-state index is 11.7. The number of pyridine rings is 1. The molecule has 0 bridgehead atoms. The first-order chi connectivity index (χ1) is 10.7. The average Bonchev–Trinajstić information content (AvgIpc) is 2.54. The Morgan fingerprint density at radius 3 is 2.55 bits per heavy atom. The number of aromatic nitrogens is 1. The highest BCUT2D eigenvalue weighted by Crippen LogP contribution is 2.22. The maximum absolute atomic E-state index is 11.7. The van der Waals surface area contributed by atoms with Gasteiger partial charge in [-0.1, -0.05) is 44.5 Å². The molecule has 22 heavy (non-hydrogen) atoms. The second kappa shape index (κ2) is 7.74. The molecule has 0 saturated heterocycles. The first-order valence-corrected chi connectivity index (χ1v) is 8.01. The van der Waals surface area contributed by atoms with Crippen molar-refractivity contribution in [3.05, 3.63) is 53.2 Å². The zero-order chi connectivity index (χ0) is 15.9. The Balaban J connectivity index is 2.27. The summed E-state index contributed by atoms with van der Waals surface area (Å²) in [6, 6.07) is 12.2. The predicted molar refractivity (Wildman–Crippen MR) is 92.0 cm³/mol. The molecule has 1 aromatic carbocycles. The summed E-state index contributed by atoms with van der Waals surface area (Å²) in [5, 5.41) is 3.36. The molecule has 2 rings (SSSR count). The topological polar surface area (TPSA) is 42.0 Å². The molecule has 2 aromatic rings. The lowest BCUT2D eigenvalue weighted by molar-refractivity contribution is 0.101.